The number of urea groups is 1. The molecule has 1 aromatic heterocycles. The predicted molar refractivity (Wildman–Crippen MR) is 103 cm³/mol. The third kappa shape index (κ3) is 4.55. The molecule has 0 spiro atoms. The van der Waals surface area contributed by atoms with Crippen LogP contribution in [-0.2, 0) is 4.79 Å². The summed E-state index contributed by atoms with van der Waals surface area (Å²) in [5.41, 5.74) is 6.87. The van der Waals surface area contributed by atoms with Crippen molar-refractivity contribution in [3.8, 4) is 5.69 Å². The van der Waals surface area contributed by atoms with Crippen LogP contribution in [0.3, 0.4) is 0 Å². The highest BCUT2D eigenvalue weighted by molar-refractivity contribution is 5.90. The first-order valence-electron chi connectivity index (χ1n) is 9.00. The van der Waals surface area contributed by atoms with Gasteiger partial charge >= 0.3 is 6.03 Å². The fourth-order valence-corrected chi connectivity index (χ4v) is 3.29. The van der Waals surface area contributed by atoms with Gasteiger partial charge in [0.2, 0.25) is 11.9 Å². The van der Waals surface area contributed by atoms with E-state index in [1.165, 1.54) is 0 Å². The smallest absolute Gasteiger partial charge is 0.319 e. The Bertz CT molecular complexity index is 818. The molecule has 1 heterocycles. The molecule has 1 aliphatic carbocycles. The monoisotopic (exact) mass is 371 g/mol. The van der Waals surface area contributed by atoms with E-state index in [2.05, 4.69) is 20.7 Å². The molecule has 2 aromatic rings. The van der Waals surface area contributed by atoms with Crippen LogP contribution in [0.1, 0.15) is 25.7 Å². The van der Waals surface area contributed by atoms with Crippen LogP contribution in [0.15, 0.2) is 30.6 Å². The second-order valence-corrected chi connectivity index (χ2v) is 6.93. The van der Waals surface area contributed by atoms with E-state index in [0.29, 0.717) is 11.6 Å². The van der Waals surface area contributed by atoms with E-state index in [1.807, 2.05) is 31.1 Å². The normalized spacial score (nSPS) is 19.3. The van der Waals surface area contributed by atoms with Crippen molar-refractivity contribution < 1.29 is 9.59 Å². The molecule has 27 heavy (non-hydrogen) atoms. The van der Waals surface area contributed by atoms with Gasteiger partial charge in [0.1, 0.15) is 6.33 Å². The third-order valence-corrected chi connectivity index (χ3v) is 4.70. The number of carbonyl (C=O) groups excluding carboxylic acids is 2. The standard InChI is InChI=1S/C18H25N7O2/c1-24(2)17-20-11-25(23-17)13-7-5-6-12(10-13)21-18(27)22-15-9-4-3-8-14(15)16(19)26/h5-7,10-11,14-15H,3-4,8-9H2,1-2H3,(H2,19,26)(H2,21,22,27)/t14-,15-/m1/s1. The van der Waals surface area contributed by atoms with Crippen LogP contribution in [0.4, 0.5) is 16.4 Å². The van der Waals surface area contributed by atoms with Crippen molar-refractivity contribution in [3.05, 3.63) is 30.6 Å². The molecule has 2 atom stereocenters. The van der Waals surface area contributed by atoms with Crippen LogP contribution >= 0.6 is 0 Å². The molecule has 3 amide bonds. The molecule has 0 bridgehead atoms. The Labute approximate surface area is 157 Å². The van der Waals surface area contributed by atoms with Gasteiger partial charge in [0.05, 0.1) is 11.6 Å². The summed E-state index contributed by atoms with van der Waals surface area (Å²) in [6.07, 6.45) is 5.03. The lowest BCUT2D eigenvalue weighted by Gasteiger charge is -2.29. The van der Waals surface area contributed by atoms with Gasteiger partial charge < -0.3 is 21.3 Å². The molecule has 9 heteroatoms. The van der Waals surface area contributed by atoms with E-state index >= 15 is 0 Å². The van der Waals surface area contributed by atoms with E-state index in [1.54, 1.807) is 23.1 Å². The first kappa shape index (κ1) is 18.7. The van der Waals surface area contributed by atoms with Crippen molar-refractivity contribution in [1.29, 1.82) is 0 Å². The van der Waals surface area contributed by atoms with Gasteiger partial charge in [-0.15, -0.1) is 5.10 Å². The lowest BCUT2D eigenvalue weighted by molar-refractivity contribution is -0.123. The third-order valence-electron chi connectivity index (χ3n) is 4.70. The number of hydrogen-bond donors (Lipinski definition) is 3. The lowest BCUT2D eigenvalue weighted by Crippen LogP contribution is -2.48. The number of nitrogens with one attached hydrogen (secondary N) is 2. The maximum absolute atomic E-state index is 12.4. The molecule has 4 N–H and O–H groups in total. The summed E-state index contributed by atoms with van der Waals surface area (Å²) in [6, 6.07) is 6.73. The Balaban J connectivity index is 1.66. The minimum absolute atomic E-state index is 0.225. The zero-order valence-electron chi connectivity index (χ0n) is 15.6. The molecular formula is C18H25N7O2. The quantitative estimate of drug-likeness (QED) is 0.736. The number of nitrogens with two attached hydrogens (primary N) is 1. The van der Waals surface area contributed by atoms with E-state index in [9.17, 15) is 9.59 Å². The van der Waals surface area contributed by atoms with Crippen molar-refractivity contribution in [2.45, 2.75) is 31.7 Å². The van der Waals surface area contributed by atoms with Crippen molar-refractivity contribution in [3.63, 3.8) is 0 Å². The van der Waals surface area contributed by atoms with Crippen molar-refractivity contribution in [2.75, 3.05) is 24.3 Å². The van der Waals surface area contributed by atoms with Crippen molar-refractivity contribution >= 4 is 23.6 Å². The number of amides is 3. The number of carbonyl (C=O) groups is 2. The van der Waals surface area contributed by atoms with Gasteiger partial charge in [0, 0.05) is 25.8 Å². The van der Waals surface area contributed by atoms with E-state index < -0.39 is 0 Å². The number of rotatable bonds is 5. The van der Waals surface area contributed by atoms with Gasteiger partial charge in [-0.05, 0) is 31.0 Å². The van der Waals surface area contributed by atoms with Crippen molar-refractivity contribution in [1.82, 2.24) is 20.1 Å². The average Bonchev–Trinajstić information content (AvgIpc) is 3.12. The number of anilines is 2. The zero-order valence-corrected chi connectivity index (χ0v) is 15.6. The molecule has 1 saturated carbocycles. The van der Waals surface area contributed by atoms with Gasteiger partial charge in [-0.25, -0.2) is 9.48 Å². The lowest BCUT2D eigenvalue weighted by atomic mass is 9.84. The van der Waals surface area contributed by atoms with Crippen LogP contribution < -0.4 is 21.3 Å². The predicted octanol–water partition coefficient (Wildman–Crippen LogP) is 1.50. The van der Waals surface area contributed by atoms with E-state index in [0.717, 1.165) is 31.4 Å². The van der Waals surface area contributed by atoms with Gasteiger partial charge in [0.15, 0.2) is 0 Å². The average molecular weight is 371 g/mol. The molecule has 3 rings (SSSR count). The van der Waals surface area contributed by atoms with Crippen LogP contribution in [-0.4, -0.2) is 46.8 Å². The van der Waals surface area contributed by atoms with Gasteiger partial charge in [-0.3, -0.25) is 4.79 Å². The zero-order chi connectivity index (χ0) is 19.4. The molecule has 9 nitrogen and oxygen atoms in total. The Morgan fingerprint density at radius 2 is 2.04 bits per heavy atom. The maximum atomic E-state index is 12.4. The van der Waals surface area contributed by atoms with Crippen molar-refractivity contribution in [2.24, 2.45) is 11.7 Å². The maximum Gasteiger partial charge on any atom is 0.319 e. The molecule has 0 saturated heterocycles. The molecule has 0 unspecified atom stereocenters. The molecular weight excluding hydrogens is 346 g/mol. The van der Waals surface area contributed by atoms with Gasteiger partial charge in [0.25, 0.3) is 0 Å². The summed E-state index contributed by atoms with van der Waals surface area (Å²) in [7, 11) is 3.74. The fourth-order valence-electron chi connectivity index (χ4n) is 3.29. The van der Waals surface area contributed by atoms with E-state index in [4.69, 9.17) is 5.73 Å². The van der Waals surface area contributed by atoms with Crippen LogP contribution in [0.5, 0.6) is 0 Å². The van der Waals surface area contributed by atoms with E-state index in [-0.39, 0.29) is 23.9 Å². The number of benzene rings is 1. The molecule has 0 radical (unpaired) electrons. The summed E-state index contributed by atoms with van der Waals surface area (Å²) in [5.74, 6) is -0.0683. The SMILES string of the molecule is CN(C)c1ncn(-c2cccc(NC(=O)N[C@@H]3CCCC[C@H]3C(N)=O)c2)n1. The summed E-state index contributed by atoms with van der Waals surface area (Å²) < 4.78 is 1.64. The molecule has 1 aliphatic rings. The molecule has 1 fully saturated rings. The second-order valence-electron chi connectivity index (χ2n) is 6.93. The topological polar surface area (TPSA) is 118 Å². The summed E-state index contributed by atoms with van der Waals surface area (Å²) in [6.45, 7) is 0. The summed E-state index contributed by atoms with van der Waals surface area (Å²) in [4.78, 5) is 30.0. The Kier molecular flexibility index (Phi) is 5.58. The molecule has 144 valence electrons. The highest BCUT2D eigenvalue weighted by atomic mass is 16.2. The Morgan fingerprint density at radius 1 is 1.26 bits per heavy atom. The number of aromatic nitrogens is 3. The number of nitrogens with zero attached hydrogens (tertiary/aromatic N) is 4. The van der Waals surface area contributed by atoms with Crippen LogP contribution in [0.2, 0.25) is 0 Å². The van der Waals surface area contributed by atoms with Gasteiger partial charge in [-0.2, -0.15) is 4.98 Å². The number of hydrogen-bond acceptors (Lipinski definition) is 5. The first-order chi connectivity index (χ1) is 12.9. The first-order valence-corrected chi connectivity index (χ1v) is 9.00. The van der Waals surface area contributed by atoms with Crippen LogP contribution in [0, 0.1) is 5.92 Å². The molecule has 0 aliphatic heterocycles. The second kappa shape index (κ2) is 8.07. The number of primary amides is 1. The van der Waals surface area contributed by atoms with Gasteiger partial charge in [-0.1, -0.05) is 18.9 Å². The highest BCUT2D eigenvalue weighted by Gasteiger charge is 2.30. The summed E-state index contributed by atoms with van der Waals surface area (Å²) >= 11 is 0. The Morgan fingerprint density at radius 3 is 2.74 bits per heavy atom. The highest BCUT2D eigenvalue weighted by Crippen LogP contribution is 2.24. The molecule has 1 aromatic carbocycles. The minimum atomic E-state index is -0.357. The fraction of sp³-hybridized carbons (Fsp3) is 0.444. The minimum Gasteiger partial charge on any atom is -0.369 e. The summed E-state index contributed by atoms with van der Waals surface area (Å²) in [5, 5.41) is 10.1. The Hall–Kier alpha value is -3.10. The largest absolute Gasteiger partial charge is 0.369 e. The van der Waals surface area contributed by atoms with Crippen LogP contribution in [0.25, 0.3) is 5.69 Å².